The first-order chi connectivity index (χ1) is 17.0. The van der Waals surface area contributed by atoms with Gasteiger partial charge in [-0.1, -0.05) is 68.8 Å². The van der Waals surface area contributed by atoms with Crippen molar-refractivity contribution in [2.75, 3.05) is 30.2 Å². The molecule has 0 unspecified atom stereocenters. The van der Waals surface area contributed by atoms with Crippen LogP contribution in [-0.2, 0) is 26.0 Å². The molecular weight excluding hydrogens is 474 g/mol. The fourth-order valence-electron chi connectivity index (χ4n) is 4.03. The first-order valence-electron chi connectivity index (χ1n) is 12.7. The lowest BCUT2D eigenvalue weighted by Crippen LogP contribution is -2.50. The molecule has 2 amide bonds. The highest BCUT2D eigenvalue weighted by Gasteiger charge is 2.28. The van der Waals surface area contributed by atoms with Crippen molar-refractivity contribution in [3.8, 4) is 0 Å². The minimum atomic E-state index is -3.50. The number of carbonyl (C=O) groups is 2. The summed E-state index contributed by atoms with van der Waals surface area (Å²) in [4.78, 5) is 28.0. The molecule has 198 valence electrons. The fourth-order valence-corrected chi connectivity index (χ4v) is 5.00. The summed E-state index contributed by atoms with van der Waals surface area (Å²) >= 11 is 0. The zero-order valence-corrected chi connectivity index (χ0v) is 23.1. The van der Waals surface area contributed by atoms with Crippen molar-refractivity contribution in [2.45, 2.75) is 59.4 Å². The molecule has 0 heterocycles. The van der Waals surface area contributed by atoms with Gasteiger partial charge in [-0.15, -0.1) is 0 Å². The summed E-state index contributed by atoms with van der Waals surface area (Å²) in [5, 5.41) is 2.97. The summed E-state index contributed by atoms with van der Waals surface area (Å²) in [7, 11) is -3.50. The molecule has 8 heteroatoms. The summed E-state index contributed by atoms with van der Waals surface area (Å²) in [5.74, 6) is 0.0172. The zero-order chi connectivity index (χ0) is 26.7. The molecule has 1 atom stereocenters. The van der Waals surface area contributed by atoms with Crippen LogP contribution >= 0.6 is 0 Å². The monoisotopic (exact) mass is 515 g/mol. The topological polar surface area (TPSA) is 86.8 Å². The van der Waals surface area contributed by atoms with E-state index in [0.717, 1.165) is 11.1 Å². The number of hydrogen-bond donors (Lipinski definition) is 1. The molecular formula is C28H41N3O4S. The van der Waals surface area contributed by atoms with E-state index >= 15 is 0 Å². The molecule has 2 rings (SSSR count). The molecule has 0 aromatic heterocycles. The van der Waals surface area contributed by atoms with Gasteiger partial charge in [-0.25, -0.2) is 8.42 Å². The normalized spacial score (nSPS) is 12.3. The van der Waals surface area contributed by atoms with Crippen molar-refractivity contribution in [3.63, 3.8) is 0 Å². The SMILES string of the molecule is CC[C@H](C(=O)NCC(C)C)N(CCc1ccccc1)C(=O)CCCN(c1ccc(C)cc1)S(C)(=O)=O. The Bertz CT molecular complexity index is 1070. The van der Waals surface area contributed by atoms with Gasteiger partial charge in [0.05, 0.1) is 11.9 Å². The van der Waals surface area contributed by atoms with Crippen LogP contribution in [0.15, 0.2) is 54.6 Å². The number of carbonyl (C=O) groups excluding carboxylic acids is 2. The van der Waals surface area contributed by atoms with Crippen LogP contribution < -0.4 is 9.62 Å². The average Bonchev–Trinajstić information content (AvgIpc) is 2.83. The number of nitrogens with one attached hydrogen (secondary N) is 1. The average molecular weight is 516 g/mol. The highest BCUT2D eigenvalue weighted by Crippen LogP contribution is 2.19. The van der Waals surface area contributed by atoms with Gasteiger partial charge < -0.3 is 10.2 Å². The lowest BCUT2D eigenvalue weighted by atomic mass is 10.1. The van der Waals surface area contributed by atoms with Crippen LogP contribution in [0.2, 0.25) is 0 Å². The molecule has 0 radical (unpaired) electrons. The third-order valence-electron chi connectivity index (χ3n) is 6.03. The highest BCUT2D eigenvalue weighted by atomic mass is 32.2. The number of sulfonamides is 1. The van der Waals surface area contributed by atoms with Crippen LogP contribution in [0.25, 0.3) is 0 Å². The van der Waals surface area contributed by atoms with Crippen molar-refractivity contribution in [1.29, 1.82) is 0 Å². The number of anilines is 1. The van der Waals surface area contributed by atoms with Crippen molar-refractivity contribution < 1.29 is 18.0 Å². The van der Waals surface area contributed by atoms with Gasteiger partial charge in [0.15, 0.2) is 0 Å². The predicted octanol–water partition coefficient (Wildman–Crippen LogP) is 4.16. The lowest BCUT2D eigenvalue weighted by Gasteiger charge is -2.31. The van der Waals surface area contributed by atoms with E-state index in [0.29, 0.717) is 44.0 Å². The van der Waals surface area contributed by atoms with Gasteiger partial charge >= 0.3 is 0 Å². The Balaban J connectivity index is 2.14. The van der Waals surface area contributed by atoms with E-state index in [9.17, 15) is 18.0 Å². The Kier molecular flexibility index (Phi) is 11.4. The van der Waals surface area contributed by atoms with E-state index in [1.54, 1.807) is 17.0 Å². The number of nitrogens with zero attached hydrogens (tertiary/aromatic N) is 2. The Hall–Kier alpha value is -2.87. The van der Waals surface area contributed by atoms with Gasteiger partial charge in [-0.3, -0.25) is 13.9 Å². The molecule has 0 fully saturated rings. The van der Waals surface area contributed by atoms with Crippen LogP contribution in [0.3, 0.4) is 0 Å². The van der Waals surface area contributed by atoms with Crippen molar-refractivity contribution in [1.82, 2.24) is 10.2 Å². The molecule has 0 aliphatic rings. The molecule has 2 aromatic carbocycles. The minimum Gasteiger partial charge on any atom is -0.354 e. The van der Waals surface area contributed by atoms with Crippen LogP contribution in [0.1, 0.15) is 51.2 Å². The van der Waals surface area contributed by atoms with Crippen LogP contribution in [0.5, 0.6) is 0 Å². The van der Waals surface area contributed by atoms with Gasteiger partial charge in [-0.2, -0.15) is 0 Å². The fraction of sp³-hybridized carbons (Fsp3) is 0.500. The third-order valence-corrected chi connectivity index (χ3v) is 7.22. The number of benzene rings is 2. The zero-order valence-electron chi connectivity index (χ0n) is 22.2. The Morgan fingerprint density at radius 2 is 1.61 bits per heavy atom. The molecule has 0 aliphatic carbocycles. The maximum atomic E-state index is 13.4. The van der Waals surface area contributed by atoms with Gasteiger partial charge in [0.1, 0.15) is 6.04 Å². The van der Waals surface area contributed by atoms with E-state index in [-0.39, 0.29) is 24.8 Å². The molecule has 0 saturated carbocycles. The quantitative estimate of drug-likeness (QED) is 0.409. The predicted molar refractivity (Wildman–Crippen MR) is 146 cm³/mol. The number of rotatable bonds is 14. The van der Waals surface area contributed by atoms with E-state index < -0.39 is 16.1 Å². The number of hydrogen-bond acceptors (Lipinski definition) is 4. The molecule has 0 bridgehead atoms. The van der Waals surface area contributed by atoms with E-state index in [4.69, 9.17) is 0 Å². The van der Waals surface area contributed by atoms with Crippen LogP contribution in [0.4, 0.5) is 5.69 Å². The van der Waals surface area contributed by atoms with Gasteiger partial charge in [0, 0.05) is 26.1 Å². The van der Waals surface area contributed by atoms with Crippen molar-refractivity contribution in [3.05, 3.63) is 65.7 Å². The molecule has 1 N–H and O–H groups in total. The summed E-state index contributed by atoms with van der Waals surface area (Å²) in [5.41, 5.74) is 2.71. The standard InChI is InChI=1S/C28H41N3O4S/c1-6-26(28(33)29-21-22(2)3)30(20-18-24-11-8-7-9-12-24)27(32)13-10-19-31(36(5,34)35)25-16-14-23(4)15-17-25/h7-9,11-12,14-17,22,26H,6,10,13,18-21H2,1-5H3,(H,29,33)/t26-/m1/s1. The second-order valence-corrected chi connectivity index (χ2v) is 11.6. The molecule has 0 aliphatic heterocycles. The first kappa shape index (κ1) is 29.4. The minimum absolute atomic E-state index is 0.144. The van der Waals surface area contributed by atoms with Crippen LogP contribution in [-0.4, -0.2) is 57.1 Å². The van der Waals surface area contributed by atoms with E-state index in [1.807, 2.05) is 70.2 Å². The van der Waals surface area contributed by atoms with E-state index in [1.165, 1.54) is 10.6 Å². The summed E-state index contributed by atoms with van der Waals surface area (Å²) in [6.45, 7) is 9.07. The number of aryl methyl sites for hydroxylation is 1. The second kappa shape index (κ2) is 14.0. The van der Waals surface area contributed by atoms with Crippen molar-refractivity contribution >= 4 is 27.5 Å². The summed E-state index contributed by atoms with van der Waals surface area (Å²) in [6, 6.07) is 16.6. The lowest BCUT2D eigenvalue weighted by molar-refractivity contribution is -0.140. The Morgan fingerprint density at radius 3 is 2.17 bits per heavy atom. The molecule has 0 saturated heterocycles. The van der Waals surface area contributed by atoms with Crippen molar-refractivity contribution in [2.24, 2.45) is 5.92 Å². The summed E-state index contributed by atoms with van der Waals surface area (Å²) < 4.78 is 26.2. The smallest absolute Gasteiger partial charge is 0.242 e. The van der Waals surface area contributed by atoms with Gasteiger partial charge in [0.2, 0.25) is 21.8 Å². The molecule has 36 heavy (non-hydrogen) atoms. The maximum absolute atomic E-state index is 13.4. The second-order valence-electron chi connectivity index (χ2n) is 9.66. The summed E-state index contributed by atoms with van der Waals surface area (Å²) in [6.07, 6.45) is 2.82. The molecule has 7 nitrogen and oxygen atoms in total. The largest absolute Gasteiger partial charge is 0.354 e. The molecule has 0 spiro atoms. The highest BCUT2D eigenvalue weighted by molar-refractivity contribution is 7.92. The number of amides is 2. The van der Waals surface area contributed by atoms with Gasteiger partial charge in [-0.05, 0) is 49.8 Å². The molecule has 2 aromatic rings. The Morgan fingerprint density at radius 1 is 0.972 bits per heavy atom. The Labute approximate surface area is 216 Å². The maximum Gasteiger partial charge on any atom is 0.242 e. The van der Waals surface area contributed by atoms with E-state index in [2.05, 4.69) is 5.32 Å². The van der Waals surface area contributed by atoms with Gasteiger partial charge in [0.25, 0.3) is 0 Å². The first-order valence-corrected chi connectivity index (χ1v) is 14.5. The third kappa shape index (κ3) is 9.30. The van der Waals surface area contributed by atoms with Crippen LogP contribution in [0, 0.1) is 12.8 Å².